The van der Waals surface area contributed by atoms with Crippen LogP contribution in [0.1, 0.15) is 71.6 Å². The second kappa shape index (κ2) is 13.4. The van der Waals surface area contributed by atoms with Crippen molar-refractivity contribution in [2.75, 3.05) is 0 Å². The fourth-order valence-corrected chi connectivity index (χ4v) is 3.64. The van der Waals surface area contributed by atoms with Crippen LogP contribution in [0.4, 0.5) is 0 Å². The van der Waals surface area contributed by atoms with Gasteiger partial charge in [0.15, 0.2) is 0 Å². The molecule has 1 aromatic rings. The summed E-state index contributed by atoms with van der Waals surface area (Å²) in [5.74, 6) is 0. The van der Waals surface area contributed by atoms with Crippen LogP contribution in [0.15, 0.2) is 35.2 Å². The Hall–Kier alpha value is 0.130. The smallest absolute Gasteiger partial charge is 0.263 e. The standard InChI is InChI=1S/C18H30O3S.Na/c1-3-5-7-10-14-17(13-9-6-4-2)21-22(19,20)18-15-11-8-12-16-18;/h8,11-12,15-17H,3-7,9-10,13-14H2,1-2H3;. The molecule has 0 aliphatic heterocycles. The minimum Gasteiger partial charge on any atom is -0.263 e. The molecule has 0 N–H and O–H groups in total. The Morgan fingerprint density at radius 3 is 1.96 bits per heavy atom. The molecule has 127 valence electrons. The monoisotopic (exact) mass is 349 g/mol. The first-order chi connectivity index (χ1) is 10.6. The molecule has 1 aromatic carbocycles. The summed E-state index contributed by atoms with van der Waals surface area (Å²) in [5.41, 5.74) is 0. The van der Waals surface area contributed by atoms with Crippen LogP contribution >= 0.6 is 0 Å². The number of rotatable bonds is 12. The summed E-state index contributed by atoms with van der Waals surface area (Å²) in [4.78, 5) is 0.254. The maximum Gasteiger partial charge on any atom is 0.297 e. The first kappa shape index (κ1) is 23.1. The van der Waals surface area contributed by atoms with Crippen molar-refractivity contribution < 1.29 is 12.6 Å². The van der Waals surface area contributed by atoms with E-state index in [0.29, 0.717) is 0 Å². The van der Waals surface area contributed by atoms with Gasteiger partial charge in [0.25, 0.3) is 10.1 Å². The molecule has 1 atom stereocenters. The van der Waals surface area contributed by atoms with Crippen LogP contribution in [0.25, 0.3) is 0 Å². The second-order valence-corrected chi connectivity index (χ2v) is 7.40. The maximum atomic E-state index is 12.3. The average molecular weight is 349 g/mol. The van der Waals surface area contributed by atoms with Gasteiger partial charge in [0.05, 0.1) is 11.0 Å². The molecule has 3 nitrogen and oxygen atoms in total. The topological polar surface area (TPSA) is 43.4 Å². The molecular formula is C18H30NaO3S. The molecule has 0 aliphatic carbocycles. The van der Waals surface area contributed by atoms with Gasteiger partial charge in [-0.05, 0) is 25.0 Å². The van der Waals surface area contributed by atoms with E-state index in [-0.39, 0.29) is 40.6 Å². The van der Waals surface area contributed by atoms with Crippen molar-refractivity contribution in [2.45, 2.75) is 82.6 Å². The summed E-state index contributed by atoms with van der Waals surface area (Å²) in [5, 5.41) is 0. The molecule has 0 saturated heterocycles. The summed E-state index contributed by atoms with van der Waals surface area (Å²) >= 11 is 0. The molecule has 0 aliphatic rings. The van der Waals surface area contributed by atoms with E-state index in [9.17, 15) is 8.42 Å². The van der Waals surface area contributed by atoms with Gasteiger partial charge in [0.2, 0.25) is 0 Å². The third-order valence-corrected chi connectivity index (χ3v) is 5.18. The van der Waals surface area contributed by atoms with Gasteiger partial charge in [0.1, 0.15) is 0 Å². The molecule has 0 heterocycles. The van der Waals surface area contributed by atoms with Gasteiger partial charge in [-0.1, -0.05) is 77.0 Å². The normalized spacial score (nSPS) is 12.6. The van der Waals surface area contributed by atoms with Crippen molar-refractivity contribution in [1.29, 1.82) is 0 Å². The molecule has 0 saturated carbocycles. The molecular weight excluding hydrogens is 319 g/mol. The second-order valence-electron chi connectivity index (χ2n) is 5.83. The van der Waals surface area contributed by atoms with E-state index in [4.69, 9.17) is 4.18 Å². The van der Waals surface area contributed by atoms with Crippen LogP contribution < -0.4 is 0 Å². The molecule has 0 aromatic heterocycles. The van der Waals surface area contributed by atoms with Crippen LogP contribution in [-0.4, -0.2) is 44.1 Å². The number of hydrogen-bond acceptors (Lipinski definition) is 3. The van der Waals surface area contributed by atoms with Crippen molar-refractivity contribution in [1.82, 2.24) is 0 Å². The van der Waals surface area contributed by atoms with E-state index in [2.05, 4.69) is 13.8 Å². The fraction of sp³-hybridized carbons (Fsp3) is 0.667. The molecule has 1 unspecified atom stereocenters. The van der Waals surface area contributed by atoms with Gasteiger partial charge in [-0.15, -0.1) is 0 Å². The van der Waals surface area contributed by atoms with Gasteiger partial charge in [-0.2, -0.15) is 8.42 Å². The first-order valence-electron chi connectivity index (χ1n) is 8.58. The van der Waals surface area contributed by atoms with E-state index in [0.717, 1.165) is 44.9 Å². The first-order valence-corrected chi connectivity index (χ1v) is 9.99. The van der Waals surface area contributed by atoms with Crippen LogP contribution in [0, 0.1) is 0 Å². The molecule has 0 amide bonds. The van der Waals surface area contributed by atoms with Crippen LogP contribution in [0.5, 0.6) is 0 Å². The molecule has 23 heavy (non-hydrogen) atoms. The molecule has 0 bridgehead atoms. The quantitative estimate of drug-likeness (QED) is 0.305. The van der Waals surface area contributed by atoms with Crippen molar-refractivity contribution in [3.8, 4) is 0 Å². The van der Waals surface area contributed by atoms with E-state index in [1.807, 2.05) is 6.07 Å². The van der Waals surface area contributed by atoms with E-state index in [1.165, 1.54) is 12.8 Å². The zero-order valence-electron chi connectivity index (χ0n) is 15.0. The zero-order chi connectivity index (χ0) is 16.3. The molecule has 1 rings (SSSR count). The minimum atomic E-state index is -3.64. The molecule has 5 heteroatoms. The maximum absolute atomic E-state index is 12.3. The van der Waals surface area contributed by atoms with Crippen LogP contribution in [0.2, 0.25) is 0 Å². The van der Waals surface area contributed by atoms with Gasteiger partial charge >= 0.3 is 0 Å². The fourth-order valence-electron chi connectivity index (χ4n) is 2.48. The molecule has 0 fully saturated rings. The van der Waals surface area contributed by atoms with E-state index >= 15 is 0 Å². The Morgan fingerprint density at radius 1 is 0.870 bits per heavy atom. The third-order valence-electron chi connectivity index (χ3n) is 3.80. The summed E-state index contributed by atoms with van der Waals surface area (Å²) in [6, 6.07) is 8.45. The van der Waals surface area contributed by atoms with E-state index < -0.39 is 10.1 Å². The Morgan fingerprint density at radius 2 is 1.39 bits per heavy atom. The van der Waals surface area contributed by atoms with Gasteiger partial charge < -0.3 is 0 Å². The Bertz CT molecular complexity index is 488. The molecule has 0 spiro atoms. The Kier molecular flexibility index (Phi) is 13.5. The predicted octanol–water partition coefficient (Wildman–Crippen LogP) is 4.93. The molecule has 1 radical (unpaired) electrons. The number of unbranched alkanes of at least 4 members (excludes halogenated alkanes) is 5. The van der Waals surface area contributed by atoms with Gasteiger partial charge in [-0.25, -0.2) is 0 Å². The summed E-state index contributed by atoms with van der Waals surface area (Å²) in [6.07, 6.45) is 9.32. The average Bonchev–Trinajstić information content (AvgIpc) is 2.52. The summed E-state index contributed by atoms with van der Waals surface area (Å²) < 4.78 is 30.2. The Labute approximate surface area is 164 Å². The third kappa shape index (κ3) is 9.88. The Balaban J connectivity index is 0.00000484. The summed E-state index contributed by atoms with van der Waals surface area (Å²) in [6.45, 7) is 4.33. The predicted molar refractivity (Wildman–Crippen MR) is 97.2 cm³/mol. The summed E-state index contributed by atoms with van der Waals surface area (Å²) in [7, 11) is -3.64. The van der Waals surface area contributed by atoms with Gasteiger partial charge in [0, 0.05) is 29.6 Å². The largest absolute Gasteiger partial charge is 0.297 e. The zero-order valence-corrected chi connectivity index (χ0v) is 17.8. The van der Waals surface area contributed by atoms with Crippen molar-refractivity contribution in [3.05, 3.63) is 30.3 Å². The number of hydrogen-bond donors (Lipinski definition) is 0. The minimum absolute atomic E-state index is 0. The van der Waals surface area contributed by atoms with E-state index in [1.54, 1.807) is 24.3 Å². The van der Waals surface area contributed by atoms with Crippen molar-refractivity contribution >= 4 is 39.7 Å². The van der Waals surface area contributed by atoms with Crippen LogP contribution in [-0.2, 0) is 14.3 Å². The van der Waals surface area contributed by atoms with Crippen molar-refractivity contribution in [2.24, 2.45) is 0 Å². The number of benzene rings is 1. The van der Waals surface area contributed by atoms with Gasteiger partial charge in [-0.3, -0.25) is 4.18 Å². The SMILES string of the molecule is CCCCCCC(CCCCC)OS(=O)(=O)c1ccccc1.[Na]. The van der Waals surface area contributed by atoms with Crippen LogP contribution in [0.3, 0.4) is 0 Å². The van der Waals surface area contributed by atoms with Crippen molar-refractivity contribution in [3.63, 3.8) is 0 Å².